The highest BCUT2D eigenvalue weighted by Crippen LogP contribution is 2.42. The molecule has 1 aliphatic rings. The van der Waals surface area contributed by atoms with E-state index in [1.54, 1.807) is 7.11 Å². The van der Waals surface area contributed by atoms with Crippen LogP contribution in [0.3, 0.4) is 0 Å². The van der Waals surface area contributed by atoms with Crippen molar-refractivity contribution in [1.29, 1.82) is 0 Å². The van der Waals surface area contributed by atoms with Gasteiger partial charge in [-0.1, -0.05) is 6.07 Å². The summed E-state index contributed by atoms with van der Waals surface area (Å²) in [5.74, 6) is 1.03. The van der Waals surface area contributed by atoms with Crippen LogP contribution in [0.25, 0.3) is 0 Å². The van der Waals surface area contributed by atoms with E-state index in [4.69, 9.17) is 9.47 Å². The molecule has 1 heterocycles. The molecule has 0 saturated carbocycles. The smallest absolute Gasteiger partial charge is 0.126 e. The Labute approximate surface area is 109 Å². The van der Waals surface area contributed by atoms with Gasteiger partial charge in [-0.3, -0.25) is 0 Å². The van der Waals surface area contributed by atoms with Crippen molar-refractivity contribution in [2.75, 3.05) is 33.9 Å². The van der Waals surface area contributed by atoms with Crippen LogP contribution in [0.15, 0.2) is 6.07 Å². The number of methoxy groups -OCH3 is 1. The highest BCUT2D eigenvalue weighted by atomic mass is 16.5. The number of benzene rings is 1. The fourth-order valence-electron chi connectivity index (χ4n) is 2.99. The molecule has 0 bridgehead atoms. The number of aryl methyl sites for hydroxylation is 2. The second-order valence-corrected chi connectivity index (χ2v) is 5.35. The van der Waals surface area contributed by atoms with Gasteiger partial charge in [0.05, 0.1) is 25.7 Å². The zero-order valence-corrected chi connectivity index (χ0v) is 12.0. The molecular formula is C15H23NO2. The first-order valence-corrected chi connectivity index (χ1v) is 6.43. The van der Waals surface area contributed by atoms with Crippen molar-refractivity contribution in [3.05, 3.63) is 28.3 Å². The van der Waals surface area contributed by atoms with Crippen LogP contribution < -0.4 is 10.1 Å². The van der Waals surface area contributed by atoms with E-state index in [1.807, 2.05) is 7.05 Å². The van der Waals surface area contributed by atoms with E-state index in [2.05, 4.69) is 32.2 Å². The molecular weight excluding hydrogens is 226 g/mol. The number of hydrogen-bond donors (Lipinski definition) is 1. The third kappa shape index (κ3) is 1.91. The minimum atomic E-state index is 0.0721. The predicted octanol–water partition coefficient (Wildman–Crippen LogP) is 2.11. The van der Waals surface area contributed by atoms with Gasteiger partial charge < -0.3 is 14.8 Å². The minimum Gasteiger partial charge on any atom is -0.496 e. The number of nitrogens with one attached hydrogen (secondary N) is 1. The molecule has 0 spiro atoms. The van der Waals surface area contributed by atoms with Crippen molar-refractivity contribution in [2.24, 2.45) is 0 Å². The molecule has 0 atom stereocenters. The Kier molecular flexibility index (Phi) is 3.64. The maximum Gasteiger partial charge on any atom is 0.126 e. The van der Waals surface area contributed by atoms with Gasteiger partial charge in [0.1, 0.15) is 5.75 Å². The molecule has 2 rings (SSSR count). The first-order valence-electron chi connectivity index (χ1n) is 6.43. The largest absolute Gasteiger partial charge is 0.496 e. The van der Waals surface area contributed by atoms with Crippen LogP contribution in [-0.4, -0.2) is 33.9 Å². The summed E-state index contributed by atoms with van der Waals surface area (Å²) >= 11 is 0. The van der Waals surface area contributed by atoms with Gasteiger partial charge in [0.15, 0.2) is 0 Å². The predicted molar refractivity (Wildman–Crippen MR) is 73.6 cm³/mol. The molecule has 18 heavy (non-hydrogen) atoms. The summed E-state index contributed by atoms with van der Waals surface area (Å²) in [6.07, 6.45) is 0. The van der Waals surface area contributed by atoms with Crippen molar-refractivity contribution in [1.82, 2.24) is 5.32 Å². The third-order valence-electron chi connectivity index (χ3n) is 3.99. The normalized spacial score (nSPS) is 17.4. The lowest BCUT2D eigenvalue weighted by molar-refractivity contribution is -0.0594. The average Bonchev–Trinajstić information content (AvgIpc) is 2.29. The first-order chi connectivity index (χ1) is 8.55. The van der Waals surface area contributed by atoms with Crippen LogP contribution in [0.2, 0.25) is 0 Å². The summed E-state index contributed by atoms with van der Waals surface area (Å²) in [5.41, 5.74) is 5.21. The van der Waals surface area contributed by atoms with E-state index >= 15 is 0 Å². The average molecular weight is 249 g/mol. The fraction of sp³-hybridized carbons (Fsp3) is 0.600. The summed E-state index contributed by atoms with van der Waals surface area (Å²) in [7, 11) is 3.75. The Morgan fingerprint density at radius 1 is 1.28 bits per heavy atom. The summed E-state index contributed by atoms with van der Waals surface area (Å²) in [4.78, 5) is 0. The topological polar surface area (TPSA) is 30.5 Å². The molecule has 1 saturated heterocycles. The zero-order valence-electron chi connectivity index (χ0n) is 12.0. The van der Waals surface area contributed by atoms with Gasteiger partial charge in [0.25, 0.3) is 0 Å². The van der Waals surface area contributed by atoms with Crippen molar-refractivity contribution >= 4 is 0 Å². The molecule has 3 nitrogen and oxygen atoms in total. The second kappa shape index (κ2) is 4.90. The number of hydrogen-bond acceptors (Lipinski definition) is 3. The minimum absolute atomic E-state index is 0.0721. The van der Waals surface area contributed by atoms with Gasteiger partial charge in [-0.05, 0) is 44.5 Å². The van der Waals surface area contributed by atoms with Crippen molar-refractivity contribution in [3.8, 4) is 5.75 Å². The molecule has 1 aliphatic heterocycles. The summed E-state index contributed by atoms with van der Waals surface area (Å²) < 4.78 is 11.2. The van der Waals surface area contributed by atoms with Crippen LogP contribution >= 0.6 is 0 Å². The Balaban J connectivity index is 2.58. The molecule has 1 aromatic rings. The second-order valence-electron chi connectivity index (χ2n) is 5.35. The molecule has 0 unspecified atom stereocenters. The highest BCUT2D eigenvalue weighted by Gasteiger charge is 2.43. The van der Waals surface area contributed by atoms with Gasteiger partial charge in [-0.2, -0.15) is 0 Å². The zero-order chi connectivity index (χ0) is 13.3. The number of rotatable bonds is 4. The maximum absolute atomic E-state index is 5.68. The van der Waals surface area contributed by atoms with Gasteiger partial charge in [0, 0.05) is 12.1 Å². The van der Waals surface area contributed by atoms with Crippen LogP contribution in [-0.2, 0) is 10.2 Å². The van der Waals surface area contributed by atoms with Gasteiger partial charge in [-0.15, -0.1) is 0 Å². The van der Waals surface area contributed by atoms with Crippen LogP contribution in [0, 0.1) is 20.8 Å². The van der Waals surface area contributed by atoms with E-state index in [-0.39, 0.29) is 5.41 Å². The summed E-state index contributed by atoms with van der Waals surface area (Å²) in [6, 6.07) is 2.25. The van der Waals surface area contributed by atoms with E-state index in [1.165, 1.54) is 22.3 Å². The third-order valence-corrected chi connectivity index (χ3v) is 3.99. The molecule has 0 radical (unpaired) electrons. The first kappa shape index (κ1) is 13.4. The molecule has 0 aromatic heterocycles. The Hall–Kier alpha value is -1.06. The van der Waals surface area contributed by atoms with Crippen LogP contribution in [0.1, 0.15) is 22.3 Å². The molecule has 3 heteroatoms. The van der Waals surface area contributed by atoms with Crippen LogP contribution in [0.4, 0.5) is 0 Å². The van der Waals surface area contributed by atoms with Crippen molar-refractivity contribution < 1.29 is 9.47 Å². The molecule has 1 fully saturated rings. The fourth-order valence-corrected chi connectivity index (χ4v) is 2.99. The maximum atomic E-state index is 5.68. The lowest BCUT2D eigenvalue weighted by Crippen LogP contribution is -2.53. The number of likely N-dealkylation sites (N-methyl/N-ethyl adjacent to an activating group) is 1. The Morgan fingerprint density at radius 3 is 2.39 bits per heavy atom. The molecule has 100 valence electrons. The quantitative estimate of drug-likeness (QED) is 0.886. The molecule has 0 amide bonds. The Bertz CT molecular complexity index is 450. The standard InChI is InChI=1S/C15H23NO2/c1-10-6-11(2)13(14(17-5)12(10)3)15(7-16-4)8-18-9-15/h6,16H,7-9H2,1-5H3. The monoisotopic (exact) mass is 249 g/mol. The van der Waals surface area contributed by atoms with Crippen molar-refractivity contribution in [2.45, 2.75) is 26.2 Å². The Morgan fingerprint density at radius 2 is 1.94 bits per heavy atom. The van der Waals surface area contributed by atoms with E-state index in [9.17, 15) is 0 Å². The van der Waals surface area contributed by atoms with Crippen molar-refractivity contribution in [3.63, 3.8) is 0 Å². The molecule has 1 N–H and O–H groups in total. The summed E-state index contributed by atoms with van der Waals surface area (Å²) in [5, 5.41) is 3.29. The van der Waals surface area contributed by atoms with Gasteiger partial charge in [-0.25, -0.2) is 0 Å². The summed E-state index contributed by atoms with van der Waals surface area (Å²) in [6.45, 7) is 8.90. The highest BCUT2D eigenvalue weighted by molar-refractivity contribution is 5.54. The van der Waals surface area contributed by atoms with E-state index in [0.29, 0.717) is 0 Å². The molecule has 0 aliphatic carbocycles. The molecule has 1 aromatic carbocycles. The lowest BCUT2D eigenvalue weighted by Gasteiger charge is -2.43. The SMILES string of the molecule is CNCC1(c2c(C)cc(C)c(C)c2OC)COC1. The van der Waals surface area contributed by atoms with Gasteiger partial charge in [0.2, 0.25) is 0 Å². The van der Waals surface area contributed by atoms with E-state index < -0.39 is 0 Å². The van der Waals surface area contributed by atoms with Gasteiger partial charge >= 0.3 is 0 Å². The van der Waals surface area contributed by atoms with Crippen LogP contribution in [0.5, 0.6) is 5.75 Å². The van der Waals surface area contributed by atoms with E-state index in [0.717, 1.165) is 25.5 Å². The number of ether oxygens (including phenoxy) is 2. The lowest BCUT2D eigenvalue weighted by atomic mass is 9.74.